The number of rotatable bonds is 16. The highest BCUT2D eigenvalue weighted by molar-refractivity contribution is 4.48. The van der Waals surface area contributed by atoms with E-state index in [1.807, 2.05) is 0 Å². The van der Waals surface area contributed by atoms with E-state index in [2.05, 4.69) is 6.92 Å². The van der Waals surface area contributed by atoms with E-state index in [9.17, 15) is 0 Å². The molecule has 0 aliphatic heterocycles. The second-order valence-electron chi connectivity index (χ2n) is 5.64. The summed E-state index contributed by atoms with van der Waals surface area (Å²) in [5.41, 5.74) is 5.43. The highest BCUT2D eigenvalue weighted by Gasteiger charge is 1.93. The minimum atomic E-state index is 0.793. The molecule has 116 valence electrons. The summed E-state index contributed by atoms with van der Waals surface area (Å²) < 4.78 is 5.56. The first-order chi connectivity index (χ1) is 9.41. The van der Waals surface area contributed by atoms with Crippen LogP contribution in [0.2, 0.25) is 0 Å². The molecule has 0 rings (SSSR count). The van der Waals surface area contributed by atoms with Crippen LogP contribution in [0, 0.1) is 0 Å². The second kappa shape index (κ2) is 17.9. The molecule has 0 saturated carbocycles. The number of nitrogens with two attached hydrogens (primary N) is 1. The van der Waals surface area contributed by atoms with Gasteiger partial charge in [-0.05, 0) is 25.8 Å². The van der Waals surface area contributed by atoms with Crippen LogP contribution in [0.3, 0.4) is 0 Å². The lowest BCUT2D eigenvalue weighted by Crippen LogP contribution is -2.02. The van der Waals surface area contributed by atoms with Gasteiger partial charge < -0.3 is 10.5 Å². The molecule has 0 aliphatic rings. The van der Waals surface area contributed by atoms with Gasteiger partial charge in [-0.1, -0.05) is 71.1 Å². The maximum Gasteiger partial charge on any atom is 0.0466 e. The zero-order valence-corrected chi connectivity index (χ0v) is 13.3. The van der Waals surface area contributed by atoms with Crippen LogP contribution in [-0.4, -0.2) is 19.8 Å². The summed E-state index contributed by atoms with van der Waals surface area (Å²) in [7, 11) is 0. The molecule has 0 aromatic rings. The van der Waals surface area contributed by atoms with E-state index in [1.54, 1.807) is 0 Å². The molecule has 0 aromatic carbocycles. The van der Waals surface area contributed by atoms with E-state index in [4.69, 9.17) is 10.5 Å². The van der Waals surface area contributed by atoms with Crippen molar-refractivity contribution in [1.29, 1.82) is 0 Å². The van der Waals surface area contributed by atoms with Gasteiger partial charge in [0.2, 0.25) is 0 Å². The number of ether oxygens (including phenoxy) is 1. The molecule has 0 aromatic heterocycles. The smallest absolute Gasteiger partial charge is 0.0466 e. The Morgan fingerprint density at radius 3 is 1.47 bits per heavy atom. The Morgan fingerprint density at radius 1 is 0.579 bits per heavy atom. The number of hydrogen-bond acceptors (Lipinski definition) is 2. The van der Waals surface area contributed by atoms with E-state index in [1.165, 1.54) is 70.6 Å². The molecule has 2 nitrogen and oxygen atoms in total. The van der Waals surface area contributed by atoms with Crippen molar-refractivity contribution < 1.29 is 4.74 Å². The highest BCUT2D eigenvalue weighted by atomic mass is 16.5. The van der Waals surface area contributed by atoms with Crippen LogP contribution < -0.4 is 5.73 Å². The summed E-state index contributed by atoms with van der Waals surface area (Å²) in [4.78, 5) is 0. The van der Waals surface area contributed by atoms with E-state index in [-0.39, 0.29) is 0 Å². The Bertz CT molecular complexity index is 134. The quantitative estimate of drug-likeness (QED) is 0.399. The summed E-state index contributed by atoms with van der Waals surface area (Å²) in [5, 5.41) is 0. The lowest BCUT2D eigenvalue weighted by Gasteiger charge is -2.04. The Morgan fingerprint density at radius 2 is 1.00 bits per heavy atom. The van der Waals surface area contributed by atoms with E-state index >= 15 is 0 Å². The fourth-order valence-corrected chi connectivity index (χ4v) is 2.32. The topological polar surface area (TPSA) is 35.2 Å². The second-order valence-corrected chi connectivity index (χ2v) is 5.64. The van der Waals surface area contributed by atoms with Gasteiger partial charge >= 0.3 is 0 Å². The Balaban J connectivity index is 2.88. The molecule has 0 atom stereocenters. The minimum Gasteiger partial charge on any atom is -0.381 e. The summed E-state index contributed by atoms with van der Waals surface area (Å²) in [6.07, 6.45) is 17.6. The molecule has 0 amide bonds. The van der Waals surface area contributed by atoms with Crippen LogP contribution in [0.1, 0.15) is 90.4 Å². The van der Waals surface area contributed by atoms with Crippen molar-refractivity contribution in [1.82, 2.24) is 0 Å². The summed E-state index contributed by atoms with van der Waals surface area (Å²) in [6.45, 7) is 4.92. The summed E-state index contributed by atoms with van der Waals surface area (Å²) in [5.74, 6) is 0. The maximum absolute atomic E-state index is 5.56. The third-order valence-corrected chi connectivity index (χ3v) is 3.64. The predicted molar refractivity (Wildman–Crippen MR) is 85.6 cm³/mol. The van der Waals surface area contributed by atoms with Gasteiger partial charge in [0.05, 0.1) is 0 Å². The van der Waals surface area contributed by atoms with Gasteiger partial charge in [-0.2, -0.15) is 0 Å². The van der Waals surface area contributed by atoms with E-state index < -0.39 is 0 Å². The zero-order chi connectivity index (χ0) is 14.0. The molecule has 0 fully saturated rings. The lowest BCUT2D eigenvalue weighted by atomic mass is 10.1. The fraction of sp³-hybridized carbons (Fsp3) is 1.00. The van der Waals surface area contributed by atoms with E-state index in [0.717, 1.165) is 32.6 Å². The monoisotopic (exact) mass is 271 g/mol. The Labute approximate surface area is 121 Å². The average molecular weight is 271 g/mol. The molecule has 0 heterocycles. The van der Waals surface area contributed by atoms with Gasteiger partial charge in [0.1, 0.15) is 0 Å². The molecule has 2 N–H and O–H groups in total. The summed E-state index contributed by atoms with van der Waals surface area (Å²) in [6, 6.07) is 0. The largest absolute Gasteiger partial charge is 0.381 e. The first-order valence-corrected chi connectivity index (χ1v) is 8.69. The van der Waals surface area contributed by atoms with Crippen LogP contribution in [0.25, 0.3) is 0 Å². The van der Waals surface area contributed by atoms with Crippen LogP contribution in [0.5, 0.6) is 0 Å². The van der Waals surface area contributed by atoms with E-state index in [0.29, 0.717) is 0 Å². The van der Waals surface area contributed by atoms with Gasteiger partial charge in [-0.15, -0.1) is 0 Å². The molecule has 0 unspecified atom stereocenters. The van der Waals surface area contributed by atoms with Gasteiger partial charge in [0.25, 0.3) is 0 Å². The molecule has 0 spiro atoms. The standard InChI is InChI=1S/C17H37NO/c1-2-3-4-5-6-7-8-9-10-11-13-16-19-17-14-12-15-18/h2-18H2,1H3. The maximum atomic E-state index is 5.56. The minimum absolute atomic E-state index is 0.793. The summed E-state index contributed by atoms with van der Waals surface area (Å²) >= 11 is 0. The third kappa shape index (κ3) is 17.9. The van der Waals surface area contributed by atoms with Crippen molar-refractivity contribution in [3.8, 4) is 0 Å². The van der Waals surface area contributed by atoms with Crippen molar-refractivity contribution in [2.75, 3.05) is 19.8 Å². The lowest BCUT2D eigenvalue weighted by molar-refractivity contribution is 0.126. The Hall–Kier alpha value is -0.0800. The number of unbranched alkanes of at least 4 members (excludes halogenated alkanes) is 11. The molecule has 19 heavy (non-hydrogen) atoms. The van der Waals surface area contributed by atoms with Crippen LogP contribution in [0.15, 0.2) is 0 Å². The van der Waals surface area contributed by atoms with Gasteiger partial charge in [0, 0.05) is 13.2 Å². The normalized spacial score (nSPS) is 11.1. The van der Waals surface area contributed by atoms with Gasteiger partial charge in [-0.3, -0.25) is 0 Å². The average Bonchev–Trinajstić information content (AvgIpc) is 2.43. The van der Waals surface area contributed by atoms with Crippen molar-refractivity contribution >= 4 is 0 Å². The first kappa shape index (κ1) is 18.9. The van der Waals surface area contributed by atoms with Crippen LogP contribution in [-0.2, 0) is 4.74 Å². The number of hydrogen-bond donors (Lipinski definition) is 1. The molecule has 0 aliphatic carbocycles. The molecule has 0 bridgehead atoms. The highest BCUT2D eigenvalue weighted by Crippen LogP contribution is 2.11. The molecule has 0 saturated heterocycles. The van der Waals surface area contributed by atoms with Crippen LogP contribution in [0.4, 0.5) is 0 Å². The van der Waals surface area contributed by atoms with Crippen molar-refractivity contribution in [2.24, 2.45) is 5.73 Å². The van der Waals surface area contributed by atoms with Crippen molar-refractivity contribution in [3.63, 3.8) is 0 Å². The van der Waals surface area contributed by atoms with Crippen LogP contribution >= 0.6 is 0 Å². The van der Waals surface area contributed by atoms with Gasteiger partial charge in [-0.25, -0.2) is 0 Å². The third-order valence-electron chi connectivity index (χ3n) is 3.64. The predicted octanol–water partition coefficient (Wildman–Crippen LogP) is 5.05. The molecule has 2 heteroatoms. The molecular weight excluding hydrogens is 234 g/mol. The molecular formula is C17H37NO. The zero-order valence-electron chi connectivity index (χ0n) is 13.3. The Kier molecular flexibility index (Phi) is 17.8. The molecule has 0 radical (unpaired) electrons. The SMILES string of the molecule is CCCCCCCCCCCCCOCCCCN. The van der Waals surface area contributed by atoms with Gasteiger partial charge in [0.15, 0.2) is 0 Å². The fourth-order valence-electron chi connectivity index (χ4n) is 2.32. The first-order valence-electron chi connectivity index (χ1n) is 8.69. The van der Waals surface area contributed by atoms with Crippen molar-refractivity contribution in [2.45, 2.75) is 90.4 Å². The van der Waals surface area contributed by atoms with Crippen molar-refractivity contribution in [3.05, 3.63) is 0 Å².